The lowest BCUT2D eigenvalue weighted by Crippen LogP contribution is -2.12. The first kappa shape index (κ1) is 16.9. The summed E-state index contributed by atoms with van der Waals surface area (Å²) in [7, 11) is 0. The zero-order valence-electron chi connectivity index (χ0n) is 13.9. The fraction of sp³-hybridized carbons (Fsp3) is 0.167. The van der Waals surface area contributed by atoms with Crippen LogP contribution in [0.1, 0.15) is 23.0 Å². The van der Waals surface area contributed by atoms with Crippen molar-refractivity contribution >= 4 is 44.9 Å². The van der Waals surface area contributed by atoms with Crippen LogP contribution in [0.15, 0.2) is 57.6 Å². The number of hydrogen-bond acceptors (Lipinski definition) is 7. The summed E-state index contributed by atoms with van der Waals surface area (Å²) in [5.41, 5.74) is 1.68. The Morgan fingerprint density at radius 3 is 3.04 bits per heavy atom. The molecule has 3 heterocycles. The summed E-state index contributed by atoms with van der Waals surface area (Å²) in [5.74, 6) is 0.907. The third kappa shape index (κ3) is 3.51. The number of aromatic nitrogens is 3. The summed E-state index contributed by atoms with van der Waals surface area (Å²) in [5, 5.41) is 12.8. The minimum absolute atomic E-state index is 0.0766. The molecule has 4 rings (SSSR count). The minimum atomic E-state index is -0.250. The van der Waals surface area contributed by atoms with Gasteiger partial charge < -0.3 is 14.7 Å². The number of aromatic amines is 1. The molecule has 0 saturated carbocycles. The third-order valence-electron chi connectivity index (χ3n) is 3.90. The van der Waals surface area contributed by atoms with Crippen LogP contribution in [0.2, 0.25) is 0 Å². The SMILES string of the molecule is C[C@H](Sc1nnc(NCc2ccco2)s1)C(=O)c1c[nH]c2ccccc12. The lowest BCUT2D eigenvalue weighted by atomic mass is 10.1. The maximum Gasteiger partial charge on any atom is 0.206 e. The molecule has 0 aliphatic heterocycles. The smallest absolute Gasteiger partial charge is 0.206 e. The largest absolute Gasteiger partial charge is 0.467 e. The van der Waals surface area contributed by atoms with Gasteiger partial charge in [-0.3, -0.25) is 4.79 Å². The van der Waals surface area contributed by atoms with Crippen molar-refractivity contribution in [2.75, 3.05) is 5.32 Å². The Kier molecular flexibility index (Phi) is 4.77. The number of nitrogens with one attached hydrogen (secondary N) is 2. The van der Waals surface area contributed by atoms with Crippen molar-refractivity contribution in [3.8, 4) is 0 Å². The van der Waals surface area contributed by atoms with E-state index in [0.29, 0.717) is 17.2 Å². The van der Waals surface area contributed by atoms with Crippen LogP contribution in [0.5, 0.6) is 0 Å². The molecule has 0 radical (unpaired) electrons. The van der Waals surface area contributed by atoms with Gasteiger partial charge in [-0.1, -0.05) is 41.3 Å². The van der Waals surface area contributed by atoms with Gasteiger partial charge in [-0.15, -0.1) is 10.2 Å². The molecular formula is C18H16N4O2S2. The number of para-hydroxylation sites is 1. The molecule has 26 heavy (non-hydrogen) atoms. The van der Waals surface area contributed by atoms with Crippen molar-refractivity contribution in [1.82, 2.24) is 15.2 Å². The van der Waals surface area contributed by atoms with Crippen molar-refractivity contribution < 1.29 is 9.21 Å². The van der Waals surface area contributed by atoms with Gasteiger partial charge in [0.05, 0.1) is 18.1 Å². The summed E-state index contributed by atoms with van der Waals surface area (Å²) in [6.07, 6.45) is 3.41. The van der Waals surface area contributed by atoms with Crippen LogP contribution in [-0.2, 0) is 6.54 Å². The Balaban J connectivity index is 1.41. The molecule has 0 unspecified atom stereocenters. The number of furan rings is 1. The second kappa shape index (κ2) is 7.35. The molecule has 0 aliphatic rings. The van der Waals surface area contributed by atoms with Crippen LogP contribution in [0.25, 0.3) is 10.9 Å². The highest BCUT2D eigenvalue weighted by Crippen LogP contribution is 2.31. The number of fused-ring (bicyclic) bond motifs is 1. The van der Waals surface area contributed by atoms with Crippen LogP contribution >= 0.6 is 23.1 Å². The third-order valence-corrected chi connectivity index (χ3v) is 5.97. The topological polar surface area (TPSA) is 83.8 Å². The van der Waals surface area contributed by atoms with Crippen molar-refractivity contribution in [3.63, 3.8) is 0 Å². The first-order valence-corrected chi connectivity index (χ1v) is 9.77. The van der Waals surface area contributed by atoms with E-state index in [9.17, 15) is 4.79 Å². The number of benzene rings is 1. The molecule has 132 valence electrons. The summed E-state index contributed by atoms with van der Waals surface area (Å²) in [4.78, 5) is 15.9. The molecule has 0 fully saturated rings. The Bertz CT molecular complexity index is 1020. The number of hydrogen-bond donors (Lipinski definition) is 2. The van der Waals surface area contributed by atoms with E-state index < -0.39 is 0 Å². The van der Waals surface area contributed by atoms with Crippen molar-refractivity contribution in [2.45, 2.75) is 23.1 Å². The lowest BCUT2D eigenvalue weighted by molar-refractivity contribution is 0.0995. The number of rotatable bonds is 7. The second-order valence-corrected chi connectivity index (χ2v) is 8.24. The average molecular weight is 384 g/mol. The van der Waals surface area contributed by atoms with E-state index in [1.807, 2.05) is 43.3 Å². The van der Waals surface area contributed by atoms with Gasteiger partial charge in [0, 0.05) is 22.7 Å². The van der Waals surface area contributed by atoms with Gasteiger partial charge in [-0.05, 0) is 25.1 Å². The van der Waals surface area contributed by atoms with Crippen LogP contribution in [0, 0.1) is 0 Å². The second-order valence-electron chi connectivity index (χ2n) is 5.68. The lowest BCUT2D eigenvalue weighted by Gasteiger charge is -2.06. The Morgan fingerprint density at radius 1 is 1.31 bits per heavy atom. The highest BCUT2D eigenvalue weighted by molar-refractivity contribution is 8.02. The molecule has 1 atom stereocenters. The number of nitrogens with zero attached hydrogens (tertiary/aromatic N) is 2. The van der Waals surface area contributed by atoms with Gasteiger partial charge in [-0.2, -0.15) is 0 Å². The fourth-order valence-electron chi connectivity index (χ4n) is 2.60. The van der Waals surface area contributed by atoms with Crippen molar-refractivity contribution in [2.24, 2.45) is 0 Å². The molecule has 4 aromatic rings. The Hall–Kier alpha value is -2.58. The molecule has 1 aromatic carbocycles. The van der Waals surface area contributed by atoms with Gasteiger partial charge in [0.15, 0.2) is 10.1 Å². The zero-order chi connectivity index (χ0) is 17.9. The van der Waals surface area contributed by atoms with Crippen molar-refractivity contribution in [3.05, 3.63) is 60.2 Å². The number of carbonyl (C=O) groups excluding carboxylic acids is 1. The number of H-pyrrole nitrogens is 1. The monoisotopic (exact) mass is 384 g/mol. The summed E-state index contributed by atoms with van der Waals surface area (Å²) < 4.78 is 6.03. The quantitative estimate of drug-likeness (QED) is 0.358. The highest BCUT2D eigenvalue weighted by atomic mass is 32.2. The van der Waals surface area contributed by atoms with E-state index in [1.54, 1.807) is 12.5 Å². The van der Waals surface area contributed by atoms with Crippen LogP contribution < -0.4 is 5.32 Å². The van der Waals surface area contributed by atoms with Gasteiger partial charge >= 0.3 is 0 Å². The number of thioether (sulfide) groups is 1. The fourth-order valence-corrected chi connectivity index (χ4v) is 4.56. The number of Topliss-reactive ketones (excluding diaryl/α,β-unsaturated/α-hetero) is 1. The maximum atomic E-state index is 12.8. The maximum absolute atomic E-state index is 12.8. The zero-order valence-corrected chi connectivity index (χ0v) is 15.6. The summed E-state index contributed by atoms with van der Waals surface area (Å²) in [6, 6.07) is 11.5. The molecule has 0 saturated heterocycles. The first-order valence-electron chi connectivity index (χ1n) is 8.07. The van der Waals surface area contributed by atoms with E-state index in [1.165, 1.54) is 23.1 Å². The van der Waals surface area contributed by atoms with E-state index in [-0.39, 0.29) is 11.0 Å². The van der Waals surface area contributed by atoms with Gasteiger partial charge in [0.1, 0.15) is 5.76 Å². The van der Waals surface area contributed by atoms with Gasteiger partial charge in [-0.25, -0.2) is 0 Å². The van der Waals surface area contributed by atoms with Crippen molar-refractivity contribution in [1.29, 1.82) is 0 Å². The number of ketones is 1. The van der Waals surface area contributed by atoms with Gasteiger partial charge in [0.2, 0.25) is 5.13 Å². The van der Waals surface area contributed by atoms with E-state index >= 15 is 0 Å². The molecular weight excluding hydrogens is 368 g/mol. The van der Waals surface area contributed by atoms with Crippen LogP contribution in [0.3, 0.4) is 0 Å². The molecule has 6 nitrogen and oxygen atoms in total. The molecule has 0 bridgehead atoms. The predicted molar refractivity (Wildman–Crippen MR) is 104 cm³/mol. The van der Waals surface area contributed by atoms with E-state index in [0.717, 1.165) is 21.0 Å². The normalized spacial score (nSPS) is 12.3. The molecule has 2 N–H and O–H groups in total. The average Bonchev–Trinajstić information content (AvgIpc) is 3.40. The number of anilines is 1. The van der Waals surface area contributed by atoms with Gasteiger partial charge in [0.25, 0.3) is 0 Å². The van der Waals surface area contributed by atoms with Crippen LogP contribution in [-0.4, -0.2) is 26.2 Å². The molecule has 0 amide bonds. The highest BCUT2D eigenvalue weighted by Gasteiger charge is 2.21. The van der Waals surface area contributed by atoms with Crippen LogP contribution in [0.4, 0.5) is 5.13 Å². The molecule has 0 aliphatic carbocycles. The summed E-state index contributed by atoms with van der Waals surface area (Å²) in [6.45, 7) is 2.45. The van der Waals surface area contributed by atoms with E-state index in [2.05, 4.69) is 20.5 Å². The number of carbonyl (C=O) groups is 1. The predicted octanol–water partition coefficient (Wildman–Crippen LogP) is 4.59. The first-order chi connectivity index (χ1) is 12.7. The van der Waals surface area contributed by atoms with E-state index in [4.69, 9.17) is 4.42 Å². The molecule has 8 heteroatoms. The Morgan fingerprint density at radius 2 is 2.19 bits per heavy atom. The summed E-state index contributed by atoms with van der Waals surface area (Å²) >= 11 is 2.85. The molecule has 3 aromatic heterocycles. The molecule has 0 spiro atoms. The standard InChI is InChI=1S/C18H16N4O2S2/c1-11(16(23)14-10-19-15-7-3-2-6-13(14)15)25-18-22-21-17(26-18)20-9-12-5-4-8-24-12/h2-8,10-11,19H,9H2,1H3,(H,20,21)/t11-/m0/s1. The minimum Gasteiger partial charge on any atom is -0.467 e. The Labute approximate surface area is 158 Å².